The monoisotopic (exact) mass is 411 g/mol. The van der Waals surface area contributed by atoms with E-state index >= 15 is 0 Å². The molecule has 0 unspecified atom stereocenters. The molecule has 0 saturated carbocycles. The van der Waals surface area contributed by atoms with Gasteiger partial charge in [0.2, 0.25) is 6.29 Å². The van der Waals surface area contributed by atoms with Crippen molar-refractivity contribution >= 4 is 41.2 Å². The van der Waals surface area contributed by atoms with E-state index in [1.165, 1.54) is 0 Å². The Labute approximate surface area is 164 Å². The molecule has 2 fully saturated rings. The molecule has 1 aromatic carbocycles. The van der Waals surface area contributed by atoms with Gasteiger partial charge in [0, 0.05) is 23.6 Å². The summed E-state index contributed by atoms with van der Waals surface area (Å²) < 4.78 is 15.0. The number of ketones is 1. The van der Waals surface area contributed by atoms with Crippen LogP contribution in [-0.2, 0) is 20.8 Å². The van der Waals surface area contributed by atoms with E-state index < -0.39 is 6.29 Å². The van der Waals surface area contributed by atoms with E-state index in [4.69, 9.17) is 44.9 Å². The summed E-state index contributed by atoms with van der Waals surface area (Å²) in [5.41, 5.74) is 0.700. The number of nitrogens with zero attached hydrogens (tertiary/aromatic N) is 3. The van der Waals surface area contributed by atoms with Crippen molar-refractivity contribution in [1.82, 2.24) is 14.3 Å². The number of Topliss-reactive ketones (excluding diaryl/α,β-unsaturated/α-hetero) is 1. The molecule has 2 aliphatic rings. The van der Waals surface area contributed by atoms with Crippen molar-refractivity contribution in [3.8, 4) is 11.4 Å². The Morgan fingerprint density at radius 1 is 1.42 bits per heavy atom. The molecule has 2 aromatic rings. The minimum Gasteiger partial charge on any atom is -0.343 e. The normalized spacial score (nSPS) is 24.8. The lowest BCUT2D eigenvalue weighted by Gasteiger charge is -2.26. The van der Waals surface area contributed by atoms with Crippen molar-refractivity contribution < 1.29 is 14.3 Å². The Hall–Kier alpha value is -1.51. The zero-order valence-corrected chi connectivity index (χ0v) is 15.9. The van der Waals surface area contributed by atoms with E-state index in [0.717, 1.165) is 0 Å². The molecule has 4 rings (SSSR count). The smallest absolute Gasteiger partial charge is 0.218 e. The molecule has 1 aromatic heterocycles. The molecule has 0 spiro atoms. The van der Waals surface area contributed by atoms with E-state index in [2.05, 4.69) is 11.7 Å². The minimum absolute atomic E-state index is 0.102. The van der Waals surface area contributed by atoms with Gasteiger partial charge in [0.05, 0.1) is 17.7 Å². The average molecular weight is 412 g/mol. The van der Waals surface area contributed by atoms with Gasteiger partial charge in [-0.3, -0.25) is 9.36 Å². The fourth-order valence-electron chi connectivity index (χ4n) is 3.26. The van der Waals surface area contributed by atoms with Gasteiger partial charge in [0.25, 0.3) is 0 Å². The molecular weight excluding hydrogens is 397 g/mol. The lowest BCUT2D eigenvalue weighted by atomic mass is 10.0. The number of carbonyl (C=O) groups excluding carboxylic acids is 1. The molecular formula is C17H15Cl2N3O3S. The van der Waals surface area contributed by atoms with E-state index in [1.54, 1.807) is 29.0 Å². The number of fused-ring (bicyclic) bond motifs is 2. The van der Waals surface area contributed by atoms with Crippen LogP contribution in [0.3, 0.4) is 0 Å². The van der Waals surface area contributed by atoms with Crippen molar-refractivity contribution in [3.05, 3.63) is 45.7 Å². The summed E-state index contributed by atoms with van der Waals surface area (Å²) in [4.78, 5) is 12.1. The van der Waals surface area contributed by atoms with E-state index in [-0.39, 0.29) is 24.3 Å². The summed E-state index contributed by atoms with van der Waals surface area (Å²) in [6, 6.07) is 4.88. The third kappa shape index (κ3) is 2.93. The molecule has 9 heteroatoms. The second-order valence-corrected chi connectivity index (χ2v) is 7.36. The number of ether oxygens (including phenoxy) is 2. The zero-order valence-electron chi connectivity index (χ0n) is 13.6. The van der Waals surface area contributed by atoms with Crippen molar-refractivity contribution in [3.63, 3.8) is 0 Å². The van der Waals surface area contributed by atoms with Crippen LogP contribution in [0.5, 0.6) is 0 Å². The maximum absolute atomic E-state index is 12.1. The van der Waals surface area contributed by atoms with Crippen molar-refractivity contribution in [2.45, 2.75) is 31.4 Å². The van der Waals surface area contributed by atoms with Crippen LogP contribution in [-0.4, -0.2) is 39.1 Å². The van der Waals surface area contributed by atoms with Crippen LogP contribution < -0.4 is 0 Å². The topological polar surface area (TPSA) is 58.3 Å². The number of hydrogen-bond donors (Lipinski definition) is 0. The molecule has 0 N–H and O–H groups in total. The van der Waals surface area contributed by atoms with Crippen molar-refractivity contribution in [1.29, 1.82) is 0 Å². The Morgan fingerprint density at radius 2 is 2.23 bits per heavy atom. The highest BCUT2D eigenvalue weighted by atomic mass is 35.5. The molecule has 2 bridgehead atoms. The third-order valence-corrected chi connectivity index (χ3v) is 5.45. The van der Waals surface area contributed by atoms with Gasteiger partial charge in [0.15, 0.2) is 16.4 Å². The van der Waals surface area contributed by atoms with Gasteiger partial charge in [-0.05, 0) is 30.4 Å². The molecule has 0 amide bonds. The Morgan fingerprint density at radius 3 is 2.96 bits per heavy atom. The third-order valence-electron chi connectivity index (χ3n) is 4.50. The number of aromatic nitrogens is 3. The molecule has 0 aliphatic carbocycles. The number of rotatable bonds is 4. The largest absolute Gasteiger partial charge is 0.343 e. The summed E-state index contributed by atoms with van der Waals surface area (Å²) >= 11 is 18.0. The van der Waals surface area contributed by atoms with Crippen LogP contribution >= 0.6 is 35.4 Å². The molecule has 6 nitrogen and oxygen atoms in total. The number of halogens is 2. The van der Waals surface area contributed by atoms with Crippen LogP contribution in [0.4, 0.5) is 0 Å². The van der Waals surface area contributed by atoms with Gasteiger partial charge in [-0.2, -0.15) is 5.10 Å². The highest BCUT2D eigenvalue weighted by Crippen LogP contribution is 2.35. The van der Waals surface area contributed by atoms with Crippen molar-refractivity contribution in [2.24, 2.45) is 0 Å². The van der Waals surface area contributed by atoms with Gasteiger partial charge in [-0.1, -0.05) is 29.3 Å². The fraction of sp³-hybridized carbons (Fsp3) is 0.353. The molecule has 26 heavy (non-hydrogen) atoms. The van der Waals surface area contributed by atoms with Crippen LogP contribution in [0.15, 0.2) is 30.9 Å². The highest BCUT2D eigenvalue weighted by Gasteiger charge is 2.45. The molecule has 2 saturated heterocycles. The lowest BCUT2D eigenvalue weighted by molar-refractivity contribution is -0.156. The van der Waals surface area contributed by atoms with Gasteiger partial charge in [0.1, 0.15) is 6.10 Å². The van der Waals surface area contributed by atoms with E-state index in [0.29, 0.717) is 39.4 Å². The van der Waals surface area contributed by atoms with E-state index in [9.17, 15) is 4.79 Å². The predicted molar refractivity (Wildman–Crippen MR) is 100.0 cm³/mol. The van der Waals surface area contributed by atoms with Crippen LogP contribution in [0.1, 0.15) is 12.5 Å². The number of benzene rings is 1. The van der Waals surface area contributed by atoms with Crippen LogP contribution in [0.25, 0.3) is 11.4 Å². The molecule has 136 valence electrons. The maximum Gasteiger partial charge on any atom is 0.218 e. The van der Waals surface area contributed by atoms with Gasteiger partial charge >= 0.3 is 0 Å². The van der Waals surface area contributed by atoms with Gasteiger partial charge < -0.3 is 9.47 Å². The number of carbonyl (C=O) groups is 1. The molecule has 2 aliphatic heterocycles. The second kappa shape index (κ2) is 6.90. The summed E-state index contributed by atoms with van der Waals surface area (Å²) in [6.07, 6.45) is 0.977. The standard InChI is InChI=1S/C17H15Cl2N3O3S/c1-2-5-21-15(10-4-3-9(18)6-11(10)19)20-22(17(21)26)12-7-13(23)16-24-8-14(12)25-16/h2-4,6,12,14,16H,1,5,7-8H2/t12-,14-,16+/m0/s1. The first-order chi connectivity index (χ1) is 12.5. The first-order valence-electron chi connectivity index (χ1n) is 8.05. The Balaban J connectivity index is 1.83. The predicted octanol–water partition coefficient (Wildman–Crippen LogP) is 3.83. The van der Waals surface area contributed by atoms with Crippen LogP contribution in [0.2, 0.25) is 10.0 Å². The maximum atomic E-state index is 12.1. The number of hydrogen-bond acceptors (Lipinski definition) is 5. The lowest BCUT2D eigenvalue weighted by Crippen LogP contribution is -2.37. The molecule has 3 heterocycles. The zero-order chi connectivity index (χ0) is 18.4. The SMILES string of the molecule is C=CCn1c(-c2ccc(Cl)cc2Cl)nn([C@H]2CC(=O)[C@@H]3OC[C@@H]2O3)c1=S. The first kappa shape index (κ1) is 17.9. The summed E-state index contributed by atoms with van der Waals surface area (Å²) in [6.45, 7) is 4.58. The minimum atomic E-state index is -0.758. The number of allylic oxidation sites excluding steroid dienone is 1. The summed E-state index contributed by atoms with van der Waals surface area (Å²) in [7, 11) is 0. The quantitative estimate of drug-likeness (QED) is 0.565. The molecule has 3 atom stereocenters. The average Bonchev–Trinajstić information content (AvgIpc) is 3.16. The summed E-state index contributed by atoms with van der Waals surface area (Å²) in [5.74, 6) is 0.486. The van der Waals surface area contributed by atoms with Crippen LogP contribution in [0, 0.1) is 4.77 Å². The summed E-state index contributed by atoms with van der Waals surface area (Å²) in [5, 5.41) is 5.68. The molecule has 0 radical (unpaired) electrons. The van der Waals surface area contributed by atoms with Crippen molar-refractivity contribution in [2.75, 3.05) is 6.61 Å². The second-order valence-electron chi connectivity index (χ2n) is 6.15. The highest BCUT2D eigenvalue weighted by molar-refractivity contribution is 7.71. The Bertz CT molecular complexity index is 955. The van der Waals surface area contributed by atoms with E-state index in [1.807, 2.05) is 4.57 Å². The van der Waals surface area contributed by atoms with Gasteiger partial charge in [-0.15, -0.1) is 6.58 Å². The van der Waals surface area contributed by atoms with Gasteiger partial charge in [-0.25, -0.2) is 4.68 Å². The first-order valence-corrected chi connectivity index (χ1v) is 9.21. The fourth-order valence-corrected chi connectivity index (χ4v) is 4.09. The Kier molecular flexibility index (Phi) is 4.75.